The first-order valence-electron chi connectivity index (χ1n) is 6.67. The Kier molecular flexibility index (Phi) is 4.32. The van der Waals surface area contributed by atoms with Crippen LogP contribution >= 0.6 is 11.3 Å². The summed E-state index contributed by atoms with van der Waals surface area (Å²) in [5.74, 6) is -0.197. The van der Waals surface area contributed by atoms with Crippen LogP contribution in [0.1, 0.15) is 23.0 Å². The van der Waals surface area contributed by atoms with Crippen molar-refractivity contribution in [3.8, 4) is 0 Å². The van der Waals surface area contributed by atoms with Gasteiger partial charge in [-0.05, 0) is 20.5 Å². The van der Waals surface area contributed by atoms with Crippen LogP contribution in [0.2, 0.25) is 0 Å². The molecule has 1 aromatic heterocycles. The first-order chi connectivity index (χ1) is 9.62. The molecule has 0 radical (unpaired) electrons. The number of sulfone groups is 1. The number of anilines is 2. The third-order valence-electron chi connectivity index (χ3n) is 3.75. The second-order valence-corrected chi connectivity index (χ2v) is 8.61. The van der Waals surface area contributed by atoms with Gasteiger partial charge in [0.2, 0.25) is 0 Å². The predicted molar refractivity (Wildman–Crippen MR) is 86.2 cm³/mol. The lowest BCUT2D eigenvalue weighted by molar-refractivity contribution is 0.102. The minimum atomic E-state index is -3.47. The van der Waals surface area contributed by atoms with Gasteiger partial charge in [0, 0.05) is 32.3 Å². The smallest absolute Gasteiger partial charge is 0.180 e. The zero-order valence-corrected chi connectivity index (χ0v) is 14.3. The zero-order chi connectivity index (χ0) is 15.9. The number of rotatable bonds is 4. The van der Waals surface area contributed by atoms with E-state index >= 15 is 0 Å². The molecule has 0 aromatic carbocycles. The summed E-state index contributed by atoms with van der Waals surface area (Å²) >= 11 is 1.19. The molecular formula is C13H21N3O3S2. The second kappa shape index (κ2) is 5.58. The van der Waals surface area contributed by atoms with E-state index < -0.39 is 9.84 Å². The van der Waals surface area contributed by atoms with Gasteiger partial charge in [-0.2, -0.15) is 0 Å². The highest BCUT2D eigenvalue weighted by Gasteiger charge is 2.32. The Morgan fingerprint density at radius 1 is 1.43 bits per heavy atom. The number of thiophene rings is 1. The van der Waals surface area contributed by atoms with Gasteiger partial charge in [0.05, 0.1) is 10.6 Å². The molecule has 118 valence electrons. The number of nitrogens with zero attached hydrogens (tertiary/aromatic N) is 2. The molecule has 1 aromatic rings. The van der Waals surface area contributed by atoms with E-state index in [-0.39, 0.29) is 16.4 Å². The van der Waals surface area contributed by atoms with Crippen LogP contribution in [0, 0.1) is 0 Å². The molecular weight excluding hydrogens is 310 g/mol. The Morgan fingerprint density at radius 2 is 2.05 bits per heavy atom. The van der Waals surface area contributed by atoms with Gasteiger partial charge in [-0.15, -0.1) is 11.3 Å². The highest BCUT2D eigenvalue weighted by Crippen LogP contribution is 2.43. The van der Waals surface area contributed by atoms with Gasteiger partial charge in [0.15, 0.2) is 15.6 Å². The largest absolute Gasteiger partial charge is 0.396 e. The number of Topliss-reactive ketones (excluding diaryl/α,β-unsaturated/α-hetero) is 1. The van der Waals surface area contributed by atoms with Gasteiger partial charge >= 0.3 is 0 Å². The van der Waals surface area contributed by atoms with Gasteiger partial charge < -0.3 is 15.5 Å². The number of likely N-dealkylation sites (N-methyl/N-ethyl adjacent to an activating group) is 1. The van der Waals surface area contributed by atoms with Gasteiger partial charge in [-0.25, -0.2) is 8.42 Å². The molecule has 0 saturated carbocycles. The average molecular weight is 331 g/mol. The SMILES string of the molecule is CC(=O)c1sc(N2CCC(N(C)C)C2)c(S(C)(=O)=O)c1N. The van der Waals surface area contributed by atoms with Crippen LogP contribution in [0.5, 0.6) is 0 Å². The van der Waals surface area contributed by atoms with Gasteiger partial charge in [0.1, 0.15) is 9.90 Å². The molecule has 0 aliphatic carbocycles. The van der Waals surface area contributed by atoms with Gasteiger partial charge in [-0.3, -0.25) is 4.79 Å². The molecule has 6 nitrogen and oxygen atoms in total. The van der Waals surface area contributed by atoms with Crippen LogP contribution in [-0.4, -0.2) is 58.6 Å². The van der Waals surface area contributed by atoms with Crippen molar-refractivity contribution < 1.29 is 13.2 Å². The van der Waals surface area contributed by atoms with Crippen LogP contribution < -0.4 is 10.6 Å². The molecule has 1 saturated heterocycles. The molecule has 21 heavy (non-hydrogen) atoms. The minimum absolute atomic E-state index is 0.0957. The lowest BCUT2D eigenvalue weighted by atomic mass is 10.2. The number of nitrogen functional groups attached to an aromatic ring is 1. The van der Waals surface area contributed by atoms with Crippen molar-refractivity contribution in [2.45, 2.75) is 24.3 Å². The maximum Gasteiger partial charge on any atom is 0.180 e. The molecule has 1 aliphatic heterocycles. The lowest BCUT2D eigenvalue weighted by Crippen LogP contribution is -2.31. The predicted octanol–water partition coefficient (Wildman–Crippen LogP) is 1.08. The number of carbonyl (C=O) groups is 1. The van der Waals surface area contributed by atoms with Crippen LogP contribution in [0.3, 0.4) is 0 Å². The number of hydrogen-bond acceptors (Lipinski definition) is 7. The van der Waals surface area contributed by atoms with Crippen LogP contribution in [0.25, 0.3) is 0 Å². The summed E-state index contributed by atoms with van der Waals surface area (Å²) in [6.45, 7) is 2.92. The third kappa shape index (κ3) is 3.07. The van der Waals surface area contributed by atoms with Crippen molar-refractivity contribution in [1.29, 1.82) is 0 Å². The van der Waals surface area contributed by atoms with Crippen LogP contribution in [-0.2, 0) is 9.84 Å². The van der Waals surface area contributed by atoms with Crippen molar-refractivity contribution in [2.75, 3.05) is 44.1 Å². The van der Waals surface area contributed by atoms with Crippen molar-refractivity contribution >= 4 is 37.6 Å². The summed E-state index contributed by atoms with van der Waals surface area (Å²) < 4.78 is 24.1. The number of hydrogen-bond donors (Lipinski definition) is 1. The first kappa shape index (κ1) is 16.3. The molecule has 1 unspecified atom stereocenters. The van der Waals surface area contributed by atoms with E-state index in [1.165, 1.54) is 18.3 Å². The monoisotopic (exact) mass is 331 g/mol. The van der Waals surface area contributed by atoms with E-state index in [4.69, 9.17) is 5.73 Å². The van der Waals surface area contributed by atoms with E-state index in [0.717, 1.165) is 25.8 Å². The number of carbonyl (C=O) groups excluding carboxylic acids is 1. The molecule has 2 rings (SSSR count). The zero-order valence-electron chi connectivity index (χ0n) is 12.7. The fourth-order valence-corrected chi connectivity index (χ4v) is 5.23. The highest BCUT2D eigenvalue weighted by atomic mass is 32.2. The molecule has 8 heteroatoms. The molecule has 2 heterocycles. The standard InChI is InChI=1S/C13H21N3O3S2/c1-8(17)11-10(14)12(21(4,18)19)13(20-11)16-6-5-9(7-16)15(2)3/h9H,5-7,14H2,1-4H3. The van der Waals surface area contributed by atoms with Gasteiger partial charge in [0.25, 0.3) is 0 Å². The van der Waals surface area contributed by atoms with Crippen molar-refractivity contribution in [1.82, 2.24) is 4.90 Å². The Labute approximate surface area is 129 Å². The van der Waals surface area contributed by atoms with Crippen molar-refractivity contribution in [3.63, 3.8) is 0 Å². The molecule has 1 aliphatic rings. The second-order valence-electron chi connectivity index (χ2n) is 5.66. The molecule has 0 amide bonds. The summed E-state index contributed by atoms with van der Waals surface area (Å²) in [6, 6.07) is 0.376. The van der Waals surface area contributed by atoms with Crippen LogP contribution in [0.15, 0.2) is 4.90 Å². The fourth-order valence-electron chi connectivity index (χ4n) is 2.59. The maximum atomic E-state index is 12.1. The number of ketones is 1. The maximum absolute atomic E-state index is 12.1. The van der Waals surface area contributed by atoms with E-state index in [1.54, 1.807) is 0 Å². The van der Waals surface area contributed by atoms with E-state index in [1.807, 2.05) is 19.0 Å². The Morgan fingerprint density at radius 3 is 2.48 bits per heavy atom. The van der Waals surface area contributed by atoms with E-state index in [2.05, 4.69) is 4.90 Å². The molecule has 0 bridgehead atoms. The minimum Gasteiger partial charge on any atom is -0.396 e. The first-order valence-corrected chi connectivity index (χ1v) is 9.38. The summed E-state index contributed by atoms with van der Waals surface area (Å²) in [4.78, 5) is 16.2. The summed E-state index contributed by atoms with van der Waals surface area (Å²) in [5, 5.41) is 0.601. The fraction of sp³-hybridized carbons (Fsp3) is 0.615. The summed E-state index contributed by atoms with van der Waals surface area (Å²) in [7, 11) is 0.545. The number of nitrogens with two attached hydrogens (primary N) is 1. The normalized spacial score (nSPS) is 19.5. The topological polar surface area (TPSA) is 83.7 Å². The van der Waals surface area contributed by atoms with Gasteiger partial charge in [-0.1, -0.05) is 0 Å². The molecule has 1 atom stereocenters. The average Bonchev–Trinajstić information content (AvgIpc) is 2.91. The Bertz CT molecular complexity index is 664. The van der Waals surface area contributed by atoms with Crippen molar-refractivity contribution in [3.05, 3.63) is 4.88 Å². The molecule has 0 spiro atoms. The highest BCUT2D eigenvalue weighted by molar-refractivity contribution is 7.91. The molecule has 1 fully saturated rings. The molecule has 2 N–H and O–H groups in total. The van der Waals surface area contributed by atoms with Crippen LogP contribution in [0.4, 0.5) is 10.7 Å². The third-order valence-corrected chi connectivity index (χ3v) is 6.40. The lowest BCUT2D eigenvalue weighted by Gasteiger charge is -2.21. The van der Waals surface area contributed by atoms with Crippen molar-refractivity contribution in [2.24, 2.45) is 0 Å². The Hall–Kier alpha value is -1.12. The summed E-state index contributed by atoms with van der Waals surface area (Å²) in [5.41, 5.74) is 6.02. The van der Waals surface area contributed by atoms with E-state index in [0.29, 0.717) is 15.9 Å². The summed E-state index contributed by atoms with van der Waals surface area (Å²) in [6.07, 6.45) is 2.10. The van der Waals surface area contributed by atoms with E-state index in [9.17, 15) is 13.2 Å². The quantitative estimate of drug-likeness (QED) is 0.831. The Balaban J connectivity index is 2.49.